The summed E-state index contributed by atoms with van der Waals surface area (Å²) >= 11 is 0. The molecule has 2 rings (SSSR count). The molecular weight excluding hydrogens is 172 g/mol. The second-order valence-corrected chi connectivity index (χ2v) is 3.76. The number of nitrogens with one attached hydrogen (secondary N) is 1. The summed E-state index contributed by atoms with van der Waals surface area (Å²) in [6.07, 6.45) is 3.49. The molecule has 0 radical (unpaired) electrons. The molecule has 0 aliphatic rings. The molecule has 1 aromatic carbocycles. The van der Waals surface area contributed by atoms with Crippen molar-refractivity contribution >= 4 is 11.0 Å². The van der Waals surface area contributed by atoms with Crippen LogP contribution in [0.5, 0.6) is 0 Å². The van der Waals surface area contributed by atoms with Gasteiger partial charge in [-0.05, 0) is 25.0 Å². The zero-order chi connectivity index (χ0) is 9.97. The van der Waals surface area contributed by atoms with E-state index in [2.05, 4.69) is 42.0 Å². The predicted octanol–water partition coefficient (Wildman–Crippen LogP) is 3.21. The molecule has 0 aliphatic carbocycles. The van der Waals surface area contributed by atoms with Crippen LogP contribution in [0.25, 0.3) is 11.0 Å². The number of rotatable bonds is 3. The van der Waals surface area contributed by atoms with E-state index in [0.29, 0.717) is 0 Å². The van der Waals surface area contributed by atoms with Gasteiger partial charge < -0.3 is 4.98 Å². The number of aromatic amines is 1. The standard InChI is InChI=1S/C12H16N2/c1-3-4-8-11-13-10-7-5-6-9(2)12(10)14-11/h5-7H,3-4,8H2,1-2H3,(H,13,14). The van der Waals surface area contributed by atoms with Crippen LogP contribution < -0.4 is 0 Å². The van der Waals surface area contributed by atoms with Gasteiger partial charge in [0.1, 0.15) is 5.82 Å². The Hall–Kier alpha value is -1.31. The molecule has 0 saturated heterocycles. The molecular formula is C12H16N2. The Morgan fingerprint density at radius 1 is 1.36 bits per heavy atom. The number of benzene rings is 1. The van der Waals surface area contributed by atoms with Gasteiger partial charge in [-0.3, -0.25) is 0 Å². The number of para-hydroxylation sites is 1. The largest absolute Gasteiger partial charge is 0.342 e. The van der Waals surface area contributed by atoms with Gasteiger partial charge in [-0.25, -0.2) is 4.98 Å². The first kappa shape index (κ1) is 9.25. The molecule has 0 spiro atoms. The second-order valence-electron chi connectivity index (χ2n) is 3.76. The zero-order valence-electron chi connectivity index (χ0n) is 8.80. The predicted molar refractivity (Wildman–Crippen MR) is 59.4 cm³/mol. The Labute approximate surface area is 84.4 Å². The molecule has 14 heavy (non-hydrogen) atoms. The second kappa shape index (κ2) is 3.82. The highest BCUT2D eigenvalue weighted by Crippen LogP contribution is 2.16. The lowest BCUT2D eigenvalue weighted by atomic mass is 10.2. The van der Waals surface area contributed by atoms with Crippen molar-refractivity contribution in [3.8, 4) is 0 Å². The van der Waals surface area contributed by atoms with Crippen molar-refractivity contribution in [3.05, 3.63) is 29.6 Å². The smallest absolute Gasteiger partial charge is 0.107 e. The Morgan fingerprint density at radius 2 is 2.21 bits per heavy atom. The van der Waals surface area contributed by atoms with Gasteiger partial charge in [0.25, 0.3) is 0 Å². The molecule has 0 saturated carbocycles. The zero-order valence-corrected chi connectivity index (χ0v) is 8.80. The van der Waals surface area contributed by atoms with Crippen LogP contribution in [-0.4, -0.2) is 9.97 Å². The first-order chi connectivity index (χ1) is 6.81. The van der Waals surface area contributed by atoms with E-state index in [4.69, 9.17) is 0 Å². The molecule has 0 fully saturated rings. The fraction of sp³-hybridized carbons (Fsp3) is 0.417. The minimum atomic E-state index is 1.06. The Kier molecular flexibility index (Phi) is 2.53. The summed E-state index contributed by atoms with van der Waals surface area (Å²) in [5.41, 5.74) is 3.54. The first-order valence-electron chi connectivity index (χ1n) is 5.25. The molecule has 2 nitrogen and oxygen atoms in total. The number of H-pyrrole nitrogens is 1. The lowest BCUT2D eigenvalue weighted by Crippen LogP contribution is -1.86. The van der Waals surface area contributed by atoms with E-state index in [1.165, 1.54) is 18.4 Å². The van der Waals surface area contributed by atoms with Crippen LogP contribution in [0.15, 0.2) is 18.2 Å². The highest BCUT2D eigenvalue weighted by atomic mass is 14.9. The van der Waals surface area contributed by atoms with Gasteiger partial charge >= 0.3 is 0 Å². The fourth-order valence-electron chi connectivity index (χ4n) is 1.69. The highest BCUT2D eigenvalue weighted by Gasteiger charge is 2.03. The summed E-state index contributed by atoms with van der Waals surface area (Å²) < 4.78 is 0. The fourth-order valence-corrected chi connectivity index (χ4v) is 1.69. The molecule has 2 heteroatoms. The van der Waals surface area contributed by atoms with Crippen LogP contribution in [0.1, 0.15) is 31.2 Å². The van der Waals surface area contributed by atoms with Crippen LogP contribution in [-0.2, 0) is 6.42 Å². The normalized spacial score (nSPS) is 11.0. The molecule has 1 aromatic heterocycles. The number of hydrogen-bond donors (Lipinski definition) is 1. The van der Waals surface area contributed by atoms with Crippen molar-refractivity contribution in [3.63, 3.8) is 0 Å². The molecule has 0 amide bonds. The molecule has 0 unspecified atom stereocenters. The van der Waals surface area contributed by atoms with Gasteiger partial charge in [-0.2, -0.15) is 0 Å². The van der Waals surface area contributed by atoms with Crippen LogP contribution in [0, 0.1) is 6.92 Å². The van der Waals surface area contributed by atoms with E-state index >= 15 is 0 Å². The lowest BCUT2D eigenvalue weighted by Gasteiger charge is -1.91. The SMILES string of the molecule is CCCCc1nc2c(C)cccc2[nH]1. The van der Waals surface area contributed by atoms with Crippen LogP contribution in [0.2, 0.25) is 0 Å². The molecule has 0 atom stereocenters. The summed E-state index contributed by atoms with van der Waals surface area (Å²) in [6.45, 7) is 4.31. The van der Waals surface area contributed by atoms with Gasteiger partial charge in [-0.1, -0.05) is 25.5 Å². The number of fused-ring (bicyclic) bond motifs is 1. The molecule has 1 N–H and O–H groups in total. The average Bonchev–Trinajstić information content (AvgIpc) is 2.59. The maximum absolute atomic E-state index is 4.59. The number of nitrogens with zero attached hydrogens (tertiary/aromatic N) is 1. The van der Waals surface area contributed by atoms with Crippen LogP contribution in [0.4, 0.5) is 0 Å². The van der Waals surface area contributed by atoms with Crippen LogP contribution in [0.3, 0.4) is 0 Å². The average molecular weight is 188 g/mol. The monoisotopic (exact) mass is 188 g/mol. The maximum atomic E-state index is 4.59. The molecule has 2 aromatic rings. The molecule has 0 bridgehead atoms. The van der Waals surface area contributed by atoms with E-state index in [1.54, 1.807) is 0 Å². The first-order valence-corrected chi connectivity index (χ1v) is 5.25. The van der Waals surface area contributed by atoms with Crippen molar-refractivity contribution in [1.29, 1.82) is 0 Å². The third-order valence-electron chi connectivity index (χ3n) is 2.53. The number of hydrogen-bond acceptors (Lipinski definition) is 1. The number of imidazole rings is 1. The summed E-state index contributed by atoms with van der Waals surface area (Å²) in [7, 11) is 0. The third-order valence-corrected chi connectivity index (χ3v) is 2.53. The van der Waals surface area contributed by atoms with Gasteiger partial charge in [0, 0.05) is 6.42 Å². The number of aryl methyl sites for hydroxylation is 2. The van der Waals surface area contributed by atoms with Crippen LogP contribution >= 0.6 is 0 Å². The van der Waals surface area contributed by atoms with Crippen molar-refractivity contribution in [1.82, 2.24) is 9.97 Å². The summed E-state index contributed by atoms with van der Waals surface area (Å²) in [6, 6.07) is 6.26. The highest BCUT2D eigenvalue weighted by molar-refractivity contribution is 5.78. The Balaban J connectivity index is 2.36. The van der Waals surface area contributed by atoms with Crippen molar-refractivity contribution < 1.29 is 0 Å². The quantitative estimate of drug-likeness (QED) is 0.787. The minimum absolute atomic E-state index is 1.06. The molecule has 1 heterocycles. The van der Waals surface area contributed by atoms with E-state index < -0.39 is 0 Å². The van der Waals surface area contributed by atoms with Gasteiger partial charge in [0.2, 0.25) is 0 Å². The van der Waals surface area contributed by atoms with Gasteiger partial charge in [-0.15, -0.1) is 0 Å². The topological polar surface area (TPSA) is 28.7 Å². The molecule has 74 valence electrons. The van der Waals surface area contributed by atoms with Crippen molar-refractivity contribution in [2.75, 3.05) is 0 Å². The third kappa shape index (κ3) is 1.65. The molecule has 0 aliphatic heterocycles. The van der Waals surface area contributed by atoms with E-state index in [9.17, 15) is 0 Å². The van der Waals surface area contributed by atoms with Crippen molar-refractivity contribution in [2.45, 2.75) is 33.1 Å². The summed E-state index contributed by atoms with van der Waals surface area (Å²) in [4.78, 5) is 7.95. The lowest BCUT2D eigenvalue weighted by molar-refractivity contribution is 0.765. The summed E-state index contributed by atoms with van der Waals surface area (Å²) in [5.74, 6) is 1.12. The van der Waals surface area contributed by atoms with Gasteiger partial charge in [0.05, 0.1) is 11.0 Å². The summed E-state index contributed by atoms with van der Waals surface area (Å²) in [5, 5.41) is 0. The maximum Gasteiger partial charge on any atom is 0.107 e. The van der Waals surface area contributed by atoms with E-state index in [-0.39, 0.29) is 0 Å². The van der Waals surface area contributed by atoms with E-state index in [0.717, 1.165) is 23.3 Å². The Bertz CT molecular complexity index is 429. The number of aromatic nitrogens is 2. The Morgan fingerprint density at radius 3 is 2.93 bits per heavy atom. The minimum Gasteiger partial charge on any atom is -0.342 e. The van der Waals surface area contributed by atoms with E-state index in [1.807, 2.05) is 0 Å². The van der Waals surface area contributed by atoms with Crippen molar-refractivity contribution in [2.24, 2.45) is 0 Å². The van der Waals surface area contributed by atoms with Gasteiger partial charge in [0.15, 0.2) is 0 Å². The number of unbranched alkanes of at least 4 members (excludes halogenated alkanes) is 1.